The van der Waals surface area contributed by atoms with Crippen molar-refractivity contribution < 1.29 is 9.21 Å². The fraction of sp³-hybridized carbons (Fsp3) is 0.381. The summed E-state index contributed by atoms with van der Waals surface area (Å²) in [7, 11) is 0. The number of furan rings is 1. The van der Waals surface area contributed by atoms with E-state index in [-0.39, 0.29) is 17.8 Å². The molecule has 3 aromatic rings. The van der Waals surface area contributed by atoms with Gasteiger partial charge in [-0.25, -0.2) is 4.68 Å². The number of hydrogen-bond donors (Lipinski definition) is 1. The lowest BCUT2D eigenvalue weighted by molar-refractivity contribution is 0.0912. The molecule has 138 valence electrons. The Bertz CT molecular complexity index is 959. The molecule has 1 N–H and O–H groups in total. The first-order valence-corrected chi connectivity index (χ1v) is 9.56. The Kier molecular flexibility index (Phi) is 3.85. The van der Waals surface area contributed by atoms with Gasteiger partial charge >= 0.3 is 0 Å². The minimum Gasteiger partial charge on any atom is -0.461 e. The van der Waals surface area contributed by atoms with Crippen LogP contribution in [0.15, 0.2) is 47.1 Å². The van der Waals surface area contributed by atoms with E-state index in [2.05, 4.69) is 15.4 Å². The summed E-state index contributed by atoms with van der Waals surface area (Å²) in [4.78, 5) is 17.3. The minimum atomic E-state index is -0.203. The molecule has 6 nitrogen and oxygen atoms in total. The van der Waals surface area contributed by atoms with Crippen LogP contribution in [0.4, 0.5) is 0 Å². The van der Waals surface area contributed by atoms with Crippen molar-refractivity contribution in [3.05, 3.63) is 54.0 Å². The van der Waals surface area contributed by atoms with Gasteiger partial charge in [-0.1, -0.05) is 24.1 Å². The van der Waals surface area contributed by atoms with Gasteiger partial charge in [0.15, 0.2) is 11.6 Å². The van der Waals surface area contributed by atoms with Crippen LogP contribution in [0.5, 0.6) is 0 Å². The number of rotatable bonds is 4. The summed E-state index contributed by atoms with van der Waals surface area (Å²) >= 11 is 0. The van der Waals surface area contributed by atoms with Gasteiger partial charge < -0.3 is 9.73 Å². The number of aromatic nitrogens is 3. The predicted octanol–water partition coefficient (Wildman–Crippen LogP) is 3.75. The summed E-state index contributed by atoms with van der Waals surface area (Å²) in [5, 5.41) is 7.67. The van der Waals surface area contributed by atoms with Crippen LogP contribution in [0.25, 0.3) is 17.3 Å². The van der Waals surface area contributed by atoms with Gasteiger partial charge in [-0.2, -0.15) is 4.98 Å². The van der Waals surface area contributed by atoms with Crippen LogP contribution < -0.4 is 5.32 Å². The van der Waals surface area contributed by atoms with Gasteiger partial charge in [-0.3, -0.25) is 4.79 Å². The number of hydrogen-bond acceptors (Lipinski definition) is 4. The van der Waals surface area contributed by atoms with Crippen LogP contribution in [0.1, 0.15) is 41.9 Å². The van der Waals surface area contributed by atoms with Gasteiger partial charge in [-0.15, -0.1) is 5.10 Å². The number of fused-ring (bicyclic) bond motifs is 2. The van der Waals surface area contributed by atoms with E-state index in [0.717, 1.165) is 23.6 Å². The lowest BCUT2D eigenvalue weighted by Crippen LogP contribution is -2.39. The third-order valence-corrected chi connectivity index (χ3v) is 5.88. The van der Waals surface area contributed by atoms with E-state index in [9.17, 15) is 4.79 Å². The van der Waals surface area contributed by atoms with Gasteiger partial charge in [0, 0.05) is 6.04 Å². The standard InChI is InChI=1S/C21H22N4O2/c1-13-4-8-16(9-5-13)25-20(18-3-2-10-27-18)23-19(24-25)21(26)22-17-12-14-6-7-15(17)11-14/h2-5,8-10,14-15,17H,6-7,11-12H2,1H3,(H,22,26). The summed E-state index contributed by atoms with van der Waals surface area (Å²) in [6.07, 6.45) is 6.45. The molecule has 0 radical (unpaired) electrons. The second-order valence-electron chi connectivity index (χ2n) is 7.74. The van der Waals surface area contributed by atoms with Gasteiger partial charge in [0.25, 0.3) is 5.91 Å². The first kappa shape index (κ1) is 16.3. The van der Waals surface area contributed by atoms with Crippen molar-refractivity contribution in [1.29, 1.82) is 0 Å². The second-order valence-corrected chi connectivity index (χ2v) is 7.74. The van der Waals surface area contributed by atoms with Gasteiger partial charge in [-0.05, 0) is 62.3 Å². The molecule has 0 aliphatic heterocycles. The van der Waals surface area contributed by atoms with E-state index in [1.54, 1.807) is 17.0 Å². The van der Waals surface area contributed by atoms with E-state index in [1.807, 2.05) is 37.3 Å². The van der Waals surface area contributed by atoms with Crippen LogP contribution in [-0.4, -0.2) is 26.7 Å². The topological polar surface area (TPSA) is 73.0 Å². The number of nitrogens with zero attached hydrogens (tertiary/aromatic N) is 3. The molecule has 1 amide bonds. The fourth-order valence-electron chi connectivity index (χ4n) is 4.49. The van der Waals surface area contributed by atoms with Crippen LogP contribution in [0.2, 0.25) is 0 Å². The van der Waals surface area contributed by atoms with Gasteiger partial charge in [0.1, 0.15) is 0 Å². The van der Waals surface area contributed by atoms with E-state index in [4.69, 9.17) is 4.42 Å². The van der Waals surface area contributed by atoms with Crippen LogP contribution in [0, 0.1) is 18.8 Å². The molecule has 2 aliphatic rings. The lowest BCUT2D eigenvalue weighted by Gasteiger charge is -2.22. The Labute approximate surface area is 157 Å². The molecule has 2 bridgehead atoms. The van der Waals surface area contributed by atoms with Gasteiger partial charge in [0.05, 0.1) is 12.0 Å². The number of aryl methyl sites for hydroxylation is 1. The molecule has 0 saturated heterocycles. The molecule has 2 heterocycles. The SMILES string of the molecule is Cc1ccc(-n2nc(C(=O)NC3CC4CCC3C4)nc2-c2ccco2)cc1. The molecular weight excluding hydrogens is 340 g/mol. The normalized spacial score (nSPS) is 23.7. The smallest absolute Gasteiger partial charge is 0.291 e. The first-order chi connectivity index (χ1) is 13.2. The van der Waals surface area contributed by atoms with Crippen LogP contribution >= 0.6 is 0 Å². The quantitative estimate of drug-likeness (QED) is 0.767. The highest BCUT2D eigenvalue weighted by Gasteiger charge is 2.40. The second kappa shape index (κ2) is 6.37. The average molecular weight is 362 g/mol. The Balaban J connectivity index is 1.47. The molecule has 2 fully saturated rings. The van der Waals surface area contributed by atoms with Crippen molar-refractivity contribution >= 4 is 5.91 Å². The largest absolute Gasteiger partial charge is 0.461 e. The van der Waals surface area contributed by atoms with Crippen LogP contribution in [0.3, 0.4) is 0 Å². The van der Waals surface area contributed by atoms with Crippen molar-refractivity contribution in [3.63, 3.8) is 0 Å². The number of carbonyl (C=O) groups excluding carboxylic acids is 1. The maximum absolute atomic E-state index is 12.8. The fourth-order valence-corrected chi connectivity index (χ4v) is 4.49. The maximum Gasteiger partial charge on any atom is 0.291 e. The van der Waals surface area contributed by atoms with Crippen molar-refractivity contribution in [2.45, 2.75) is 38.6 Å². The van der Waals surface area contributed by atoms with Gasteiger partial charge in [0.2, 0.25) is 5.82 Å². The number of amides is 1. The zero-order valence-electron chi connectivity index (χ0n) is 15.3. The summed E-state index contributed by atoms with van der Waals surface area (Å²) in [5.74, 6) is 2.49. The summed E-state index contributed by atoms with van der Waals surface area (Å²) in [6, 6.07) is 11.8. The molecule has 2 saturated carbocycles. The van der Waals surface area contributed by atoms with Crippen molar-refractivity contribution in [1.82, 2.24) is 20.1 Å². The predicted molar refractivity (Wildman–Crippen MR) is 101 cm³/mol. The summed E-state index contributed by atoms with van der Waals surface area (Å²) < 4.78 is 7.19. The minimum absolute atomic E-state index is 0.185. The van der Waals surface area contributed by atoms with E-state index in [0.29, 0.717) is 17.5 Å². The number of benzene rings is 1. The summed E-state index contributed by atoms with van der Waals surface area (Å²) in [6.45, 7) is 2.03. The molecule has 2 aliphatic carbocycles. The zero-order chi connectivity index (χ0) is 18.4. The third-order valence-electron chi connectivity index (χ3n) is 5.88. The van der Waals surface area contributed by atoms with E-state index < -0.39 is 0 Å². The molecule has 0 spiro atoms. The molecule has 6 heteroatoms. The molecule has 3 atom stereocenters. The Morgan fingerprint density at radius 1 is 1.19 bits per heavy atom. The van der Waals surface area contributed by atoms with Crippen molar-refractivity contribution in [2.75, 3.05) is 0 Å². The Hall–Kier alpha value is -2.89. The van der Waals surface area contributed by atoms with E-state index in [1.165, 1.54) is 19.3 Å². The molecule has 5 rings (SSSR count). The Morgan fingerprint density at radius 3 is 2.70 bits per heavy atom. The number of nitrogens with one attached hydrogen (secondary N) is 1. The highest BCUT2D eigenvalue weighted by Crippen LogP contribution is 2.44. The molecule has 2 aromatic heterocycles. The van der Waals surface area contributed by atoms with Crippen molar-refractivity contribution in [3.8, 4) is 17.3 Å². The maximum atomic E-state index is 12.8. The zero-order valence-corrected chi connectivity index (χ0v) is 15.3. The van der Waals surface area contributed by atoms with E-state index >= 15 is 0 Å². The summed E-state index contributed by atoms with van der Waals surface area (Å²) in [5.41, 5.74) is 2.01. The monoisotopic (exact) mass is 362 g/mol. The highest BCUT2D eigenvalue weighted by molar-refractivity contribution is 5.91. The molecule has 3 unspecified atom stereocenters. The number of carbonyl (C=O) groups is 1. The lowest BCUT2D eigenvalue weighted by atomic mass is 9.95. The first-order valence-electron chi connectivity index (χ1n) is 9.56. The van der Waals surface area contributed by atoms with Crippen LogP contribution in [-0.2, 0) is 0 Å². The third kappa shape index (κ3) is 2.95. The molecular formula is C21H22N4O2. The van der Waals surface area contributed by atoms with Crippen molar-refractivity contribution in [2.24, 2.45) is 11.8 Å². The Morgan fingerprint density at radius 2 is 2.04 bits per heavy atom. The molecule has 27 heavy (non-hydrogen) atoms. The molecule has 1 aromatic carbocycles. The average Bonchev–Trinajstić information content (AvgIpc) is 3.44. The highest BCUT2D eigenvalue weighted by atomic mass is 16.3.